The molecule has 1 aromatic heterocycles. The Morgan fingerprint density at radius 2 is 0.431 bits per heavy atom. The number of allylic oxidation sites excluding steroid dienone is 4. The standard InChI is InChI=1S/C106H71N3/c1-3-23-70(24-4-1)74-27-13-29-76(59-74)72-53-55-73(56-54-72)103-107-104(93-45-21-43-90(67-93)87-40-18-31-78(64-87)77-30-14-28-75(60-77)71-25-5-2-6-26-71)109-105(108-103)94-46-22-44-91(68-94)88-41-19-38-85(65-88)83-36-16-34-81(62-83)79-32-15-33-80(61-79)82-35-17-37-84(63-82)86-39-20-42-89(66-86)92-57-58-98-97-49-9-12-52-101(97)106(102(98)69-92)99-50-10-7-47-95(99)96-48-8-11-51-100(96)106/h1-10,12-50,52-69H,11,51H2. The third-order valence-electron chi connectivity index (χ3n) is 22.4. The molecule has 3 nitrogen and oxygen atoms in total. The first kappa shape index (κ1) is 64.6. The molecule has 0 N–H and O–H groups in total. The van der Waals surface area contributed by atoms with Crippen LogP contribution in [0.1, 0.15) is 35.1 Å². The molecule has 0 saturated heterocycles. The molecule has 20 rings (SSSR count). The van der Waals surface area contributed by atoms with E-state index in [9.17, 15) is 0 Å². The molecule has 16 aromatic carbocycles. The highest BCUT2D eigenvalue weighted by molar-refractivity contribution is 5.98. The van der Waals surface area contributed by atoms with Gasteiger partial charge in [-0.1, -0.05) is 340 Å². The van der Waals surface area contributed by atoms with Gasteiger partial charge in [0.05, 0.1) is 5.41 Å². The summed E-state index contributed by atoms with van der Waals surface area (Å²) in [5, 5.41) is 0. The third kappa shape index (κ3) is 12.0. The van der Waals surface area contributed by atoms with E-state index in [0.29, 0.717) is 17.5 Å². The summed E-state index contributed by atoms with van der Waals surface area (Å²) in [6, 6.07) is 144. The Morgan fingerprint density at radius 1 is 0.183 bits per heavy atom. The van der Waals surface area contributed by atoms with Gasteiger partial charge in [0, 0.05) is 16.7 Å². The fourth-order valence-corrected chi connectivity index (χ4v) is 17.1. The van der Waals surface area contributed by atoms with E-state index >= 15 is 0 Å². The van der Waals surface area contributed by atoms with Crippen LogP contribution in [0.3, 0.4) is 0 Å². The van der Waals surface area contributed by atoms with Crippen LogP contribution >= 0.6 is 0 Å². The van der Waals surface area contributed by atoms with Gasteiger partial charge in [-0.3, -0.25) is 0 Å². The molecule has 510 valence electrons. The highest BCUT2D eigenvalue weighted by atomic mass is 15.0. The first-order valence-electron chi connectivity index (χ1n) is 37.7. The second-order valence-corrected chi connectivity index (χ2v) is 28.9. The molecule has 0 saturated carbocycles. The van der Waals surface area contributed by atoms with Crippen molar-refractivity contribution in [3.63, 3.8) is 0 Å². The van der Waals surface area contributed by atoms with Gasteiger partial charge >= 0.3 is 0 Å². The van der Waals surface area contributed by atoms with Gasteiger partial charge in [-0.05, 0) is 246 Å². The molecule has 0 radical (unpaired) electrons. The Balaban J connectivity index is 0.591. The number of hydrogen-bond donors (Lipinski definition) is 0. The van der Waals surface area contributed by atoms with Gasteiger partial charge in [0.25, 0.3) is 0 Å². The van der Waals surface area contributed by atoms with E-state index < -0.39 is 0 Å². The van der Waals surface area contributed by atoms with Gasteiger partial charge in [0.1, 0.15) is 0 Å². The lowest BCUT2D eigenvalue weighted by Crippen LogP contribution is -2.27. The number of nitrogens with zero attached hydrogens (tertiary/aromatic N) is 3. The van der Waals surface area contributed by atoms with Gasteiger partial charge < -0.3 is 0 Å². The molecule has 0 aliphatic heterocycles. The molecule has 0 bridgehead atoms. The Kier molecular flexibility index (Phi) is 16.3. The first-order valence-corrected chi connectivity index (χ1v) is 37.7. The van der Waals surface area contributed by atoms with Crippen molar-refractivity contribution >= 4 is 5.57 Å². The van der Waals surface area contributed by atoms with Crippen LogP contribution in [0.15, 0.2) is 412 Å². The zero-order valence-electron chi connectivity index (χ0n) is 59.9. The van der Waals surface area contributed by atoms with Crippen LogP contribution in [-0.4, -0.2) is 15.0 Å². The van der Waals surface area contributed by atoms with Crippen LogP contribution < -0.4 is 0 Å². The lowest BCUT2D eigenvalue weighted by Gasteiger charge is -2.33. The summed E-state index contributed by atoms with van der Waals surface area (Å²) in [5.74, 6) is 1.78. The van der Waals surface area contributed by atoms with Gasteiger partial charge in [0.15, 0.2) is 17.5 Å². The zero-order chi connectivity index (χ0) is 72.2. The quantitative estimate of drug-likeness (QED) is 0.109. The minimum Gasteiger partial charge on any atom is -0.208 e. The third-order valence-corrected chi connectivity index (χ3v) is 22.4. The van der Waals surface area contributed by atoms with Gasteiger partial charge in [0.2, 0.25) is 0 Å². The minimum atomic E-state index is -0.308. The van der Waals surface area contributed by atoms with E-state index in [-0.39, 0.29) is 5.41 Å². The molecule has 0 amide bonds. The van der Waals surface area contributed by atoms with Crippen molar-refractivity contribution in [1.29, 1.82) is 0 Å². The number of rotatable bonds is 14. The SMILES string of the molecule is C1=CC2=C(CC1)C1(c3ccccc32)c2ccccc2-c2ccc(-c3cccc(-c4cccc(-c5cccc(-c6cccc(-c7cccc(-c8cccc(-c9nc(-c%10ccc(-c%11cccc(-c%12ccccc%12)c%11)cc%10)nc(-c%10cccc(-c%11cccc(-c%12cccc(-c%13ccccc%13)c%12)c%11)c%10)n9)c8)c7)c6)c5)c4)c3)cc21. The van der Waals surface area contributed by atoms with Gasteiger partial charge in [-0.2, -0.15) is 0 Å². The van der Waals surface area contributed by atoms with Crippen LogP contribution in [0, 0.1) is 0 Å². The topological polar surface area (TPSA) is 38.7 Å². The van der Waals surface area contributed by atoms with Gasteiger partial charge in [-0.25, -0.2) is 15.0 Å². The second-order valence-electron chi connectivity index (χ2n) is 28.9. The summed E-state index contributed by atoms with van der Waals surface area (Å²) in [6.45, 7) is 0. The summed E-state index contributed by atoms with van der Waals surface area (Å²) < 4.78 is 0. The van der Waals surface area contributed by atoms with E-state index in [1.54, 1.807) is 0 Å². The summed E-state index contributed by atoms with van der Waals surface area (Å²) in [5.41, 5.74) is 39.0. The molecule has 1 atom stereocenters. The maximum absolute atomic E-state index is 5.35. The minimum absolute atomic E-state index is 0.308. The maximum atomic E-state index is 5.35. The van der Waals surface area contributed by atoms with Crippen LogP contribution in [-0.2, 0) is 5.41 Å². The summed E-state index contributed by atoms with van der Waals surface area (Å²) in [6.07, 6.45) is 6.85. The first-order chi connectivity index (χ1) is 53.9. The summed E-state index contributed by atoms with van der Waals surface area (Å²) in [7, 11) is 0. The van der Waals surface area contributed by atoms with Crippen LogP contribution in [0.5, 0.6) is 0 Å². The zero-order valence-corrected chi connectivity index (χ0v) is 59.9. The lowest BCUT2D eigenvalue weighted by atomic mass is 9.68. The molecule has 3 aliphatic carbocycles. The van der Waals surface area contributed by atoms with Crippen molar-refractivity contribution in [3.8, 4) is 168 Å². The average molecular weight is 1390 g/mol. The highest BCUT2D eigenvalue weighted by Gasteiger charge is 2.52. The molecule has 1 spiro atoms. The molecule has 3 heteroatoms. The Morgan fingerprint density at radius 3 is 0.807 bits per heavy atom. The van der Waals surface area contributed by atoms with Crippen LogP contribution in [0.2, 0.25) is 0 Å². The van der Waals surface area contributed by atoms with E-state index in [0.717, 1.165) is 96.3 Å². The average Bonchev–Trinajstić information content (AvgIpc) is 1.51. The van der Waals surface area contributed by atoms with Crippen molar-refractivity contribution in [2.24, 2.45) is 0 Å². The molecule has 109 heavy (non-hydrogen) atoms. The van der Waals surface area contributed by atoms with E-state index in [1.807, 2.05) is 0 Å². The molecule has 1 heterocycles. The molecule has 17 aromatic rings. The normalized spacial score (nSPS) is 13.8. The number of hydrogen-bond acceptors (Lipinski definition) is 3. The summed E-state index contributed by atoms with van der Waals surface area (Å²) >= 11 is 0. The molecule has 3 aliphatic rings. The Labute approximate surface area is 636 Å². The Hall–Kier alpha value is -14.0. The largest absolute Gasteiger partial charge is 0.208 e. The number of fused-ring (bicyclic) bond motifs is 9. The van der Waals surface area contributed by atoms with Crippen molar-refractivity contribution in [1.82, 2.24) is 15.0 Å². The van der Waals surface area contributed by atoms with E-state index in [1.165, 1.54) is 100 Å². The second kappa shape index (κ2) is 27.5. The van der Waals surface area contributed by atoms with Crippen molar-refractivity contribution in [3.05, 3.63) is 434 Å². The van der Waals surface area contributed by atoms with E-state index in [4.69, 9.17) is 15.0 Å². The van der Waals surface area contributed by atoms with Crippen molar-refractivity contribution in [2.45, 2.75) is 18.3 Å². The lowest BCUT2D eigenvalue weighted by molar-refractivity contribution is 0.714. The fraction of sp³-hybridized carbons (Fsp3) is 0.0283. The van der Waals surface area contributed by atoms with Crippen molar-refractivity contribution in [2.75, 3.05) is 0 Å². The van der Waals surface area contributed by atoms with Crippen LogP contribution in [0.25, 0.3) is 173 Å². The predicted octanol–water partition coefficient (Wildman–Crippen LogP) is 27.6. The van der Waals surface area contributed by atoms with E-state index in [2.05, 4.69) is 406 Å². The number of benzene rings is 16. The Bertz CT molecular complexity index is 6480. The molecule has 1 unspecified atom stereocenters. The smallest absolute Gasteiger partial charge is 0.164 e. The molecule has 0 fully saturated rings. The van der Waals surface area contributed by atoms with Crippen LogP contribution in [0.4, 0.5) is 0 Å². The van der Waals surface area contributed by atoms with Gasteiger partial charge in [-0.15, -0.1) is 0 Å². The summed E-state index contributed by atoms with van der Waals surface area (Å²) in [4.78, 5) is 16.0. The maximum Gasteiger partial charge on any atom is 0.164 e. The van der Waals surface area contributed by atoms with Crippen molar-refractivity contribution < 1.29 is 0 Å². The number of aromatic nitrogens is 3. The highest BCUT2D eigenvalue weighted by Crippen LogP contribution is 2.64. The monoisotopic (exact) mass is 1390 g/mol. The molecular weight excluding hydrogens is 1320 g/mol. The predicted molar refractivity (Wildman–Crippen MR) is 453 cm³/mol. The fourth-order valence-electron chi connectivity index (χ4n) is 17.1. The molecular formula is C106H71N3.